The molecule has 0 atom stereocenters. The second kappa shape index (κ2) is 5.36. The minimum absolute atomic E-state index is 0.228. The maximum Gasteiger partial charge on any atom is 0.259 e. The zero-order chi connectivity index (χ0) is 14.0. The standard InChI is InChI=1S/C13H16N4OS/c1-4-11-8(3)19-13(16-11)17-12(18)10-5-9(14)6-15-7(10)2/h5-6H,4,14H2,1-3H3,(H,16,17,18). The van der Waals surface area contributed by atoms with Crippen molar-refractivity contribution in [2.45, 2.75) is 27.2 Å². The number of pyridine rings is 1. The zero-order valence-electron chi connectivity index (χ0n) is 11.2. The summed E-state index contributed by atoms with van der Waals surface area (Å²) in [5.41, 5.74) is 8.27. The Kier molecular flexibility index (Phi) is 3.80. The van der Waals surface area contributed by atoms with E-state index in [-0.39, 0.29) is 5.91 Å². The number of rotatable bonds is 3. The summed E-state index contributed by atoms with van der Waals surface area (Å²) in [5, 5.41) is 3.41. The summed E-state index contributed by atoms with van der Waals surface area (Å²) in [4.78, 5) is 21.7. The second-order valence-electron chi connectivity index (χ2n) is 4.23. The van der Waals surface area contributed by atoms with Crippen molar-refractivity contribution >= 4 is 28.1 Å². The van der Waals surface area contributed by atoms with Gasteiger partial charge < -0.3 is 5.73 Å². The van der Waals surface area contributed by atoms with E-state index in [4.69, 9.17) is 5.73 Å². The third-order valence-corrected chi connectivity index (χ3v) is 3.73. The predicted molar refractivity (Wildman–Crippen MR) is 77.6 cm³/mol. The van der Waals surface area contributed by atoms with E-state index in [1.807, 2.05) is 13.8 Å². The molecule has 3 N–H and O–H groups in total. The van der Waals surface area contributed by atoms with Gasteiger partial charge in [0.05, 0.1) is 28.8 Å². The fourth-order valence-corrected chi connectivity index (χ4v) is 2.65. The van der Waals surface area contributed by atoms with E-state index in [0.717, 1.165) is 17.0 Å². The van der Waals surface area contributed by atoms with Crippen LogP contribution in [0.25, 0.3) is 0 Å². The lowest BCUT2D eigenvalue weighted by Gasteiger charge is -2.05. The Morgan fingerprint density at radius 1 is 1.47 bits per heavy atom. The van der Waals surface area contributed by atoms with Gasteiger partial charge in [0.1, 0.15) is 0 Å². The summed E-state index contributed by atoms with van der Waals surface area (Å²) >= 11 is 1.48. The molecule has 0 aromatic carbocycles. The molecule has 0 unspecified atom stereocenters. The Labute approximate surface area is 115 Å². The van der Waals surface area contributed by atoms with Crippen molar-refractivity contribution in [1.29, 1.82) is 0 Å². The lowest BCUT2D eigenvalue weighted by atomic mass is 10.2. The van der Waals surface area contributed by atoms with E-state index in [0.29, 0.717) is 22.1 Å². The molecule has 0 aliphatic rings. The number of amides is 1. The van der Waals surface area contributed by atoms with Crippen LogP contribution in [0.4, 0.5) is 10.8 Å². The number of carbonyl (C=O) groups excluding carboxylic acids is 1. The van der Waals surface area contributed by atoms with Crippen molar-refractivity contribution in [3.8, 4) is 0 Å². The van der Waals surface area contributed by atoms with E-state index in [2.05, 4.69) is 15.3 Å². The Balaban J connectivity index is 2.22. The number of nitrogens with two attached hydrogens (primary N) is 1. The van der Waals surface area contributed by atoms with Crippen LogP contribution >= 0.6 is 11.3 Å². The third kappa shape index (κ3) is 2.90. The molecule has 0 spiro atoms. The Morgan fingerprint density at radius 2 is 2.21 bits per heavy atom. The van der Waals surface area contributed by atoms with E-state index in [9.17, 15) is 4.79 Å². The van der Waals surface area contributed by atoms with Crippen molar-refractivity contribution in [3.63, 3.8) is 0 Å². The zero-order valence-corrected chi connectivity index (χ0v) is 12.0. The minimum Gasteiger partial charge on any atom is -0.397 e. The number of hydrogen-bond acceptors (Lipinski definition) is 5. The highest BCUT2D eigenvalue weighted by Crippen LogP contribution is 2.23. The summed E-state index contributed by atoms with van der Waals surface area (Å²) in [7, 11) is 0. The number of thiazole rings is 1. The summed E-state index contributed by atoms with van der Waals surface area (Å²) < 4.78 is 0. The van der Waals surface area contributed by atoms with Gasteiger partial charge in [-0.3, -0.25) is 15.1 Å². The largest absolute Gasteiger partial charge is 0.397 e. The van der Waals surface area contributed by atoms with Gasteiger partial charge in [-0.15, -0.1) is 11.3 Å². The summed E-state index contributed by atoms with van der Waals surface area (Å²) in [5.74, 6) is -0.228. The van der Waals surface area contributed by atoms with E-state index in [1.54, 1.807) is 13.0 Å². The number of nitrogen functional groups attached to an aromatic ring is 1. The van der Waals surface area contributed by atoms with Crippen LogP contribution in [0.3, 0.4) is 0 Å². The molecular formula is C13H16N4OS. The van der Waals surface area contributed by atoms with Gasteiger partial charge in [0.2, 0.25) is 0 Å². The van der Waals surface area contributed by atoms with Gasteiger partial charge in [-0.05, 0) is 26.3 Å². The van der Waals surface area contributed by atoms with Crippen molar-refractivity contribution in [3.05, 3.63) is 34.1 Å². The van der Waals surface area contributed by atoms with Gasteiger partial charge in [0.25, 0.3) is 5.91 Å². The molecule has 0 bridgehead atoms. The van der Waals surface area contributed by atoms with Gasteiger partial charge in [-0.2, -0.15) is 0 Å². The van der Waals surface area contributed by atoms with Crippen LogP contribution in [-0.4, -0.2) is 15.9 Å². The minimum atomic E-state index is -0.228. The van der Waals surface area contributed by atoms with Crippen molar-refractivity contribution in [2.24, 2.45) is 0 Å². The fourth-order valence-electron chi connectivity index (χ4n) is 1.75. The average Bonchev–Trinajstić information content (AvgIpc) is 2.72. The van der Waals surface area contributed by atoms with Gasteiger partial charge in [0.15, 0.2) is 5.13 Å². The highest BCUT2D eigenvalue weighted by Gasteiger charge is 2.13. The number of carbonyl (C=O) groups is 1. The molecule has 0 fully saturated rings. The summed E-state index contributed by atoms with van der Waals surface area (Å²) in [6.45, 7) is 5.82. The number of anilines is 2. The summed E-state index contributed by atoms with van der Waals surface area (Å²) in [6, 6.07) is 1.62. The average molecular weight is 276 g/mol. The lowest BCUT2D eigenvalue weighted by Crippen LogP contribution is -2.14. The fraction of sp³-hybridized carbons (Fsp3) is 0.308. The first-order valence-electron chi connectivity index (χ1n) is 6.01. The van der Waals surface area contributed by atoms with E-state index >= 15 is 0 Å². The molecule has 2 rings (SSSR count). The molecule has 6 heteroatoms. The number of hydrogen-bond donors (Lipinski definition) is 2. The topological polar surface area (TPSA) is 80.9 Å². The van der Waals surface area contributed by atoms with Gasteiger partial charge in [-0.25, -0.2) is 4.98 Å². The van der Waals surface area contributed by atoms with Gasteiger partial charge in [-0.1, -0.05) is 6.92 Å². The van der Waals surface area contributed by atoms with Crippen molar-refractivity contribution in [2.75, 3.05) is 11.1 Å². The molecule has 100 valence electrons. The molecule has 2 aromatic rings. The quantitative estimate of drug-likeness (QED) is 0.902. The predicted octanol–water partition coefficient (Wildman–Crippen LogP) is 2.55. The number of nitrogens with zero attached hydrogens (tertiary/aromatic N) is 2. The van der Waals surface area contributed by atoms with Crippen LogP contribution in [0.1, 0.15) is 33.5 Å². The second-order valence-corrected chi connectivity index (χ2v) is 5.43. The molecule has 0 saturated carbocycles. The molecular weight excluding hydrogens is 260 g/mol. The van der Waals surface area contributed by atoms with Crippen LogP contribution in [0.15, 0.2) is 12.3 Å². The van der Waals surface area contributed by atoms with Crippen molar-refractivity contribution < 1.29 is 4.79 Å². The number of nitrogens with one attached hydrogen (secondary N) is 1. The lowest BCUT2D eigenvalue weighted by molar-refractivity contribution is 0.102. The van der Waals surface area contributed by atoms with E-state index < -0.39 is 0 Å². The van der Waals surface area contributed by atoms with E-state index in [1.165, 1.54) is 17.5 Å². The molecule has 2 aromatic heterocycles. The maximum atomic E-state index is 12.2. The third-order valence-electron chi connectivity index (χ3n) is 2.80. The Hall–Kier alpha value is -1.95. The molecule has 0 aliphatic heterocycles. The number of aromatic nitrogens is 2. The van der Waals surface area contributed by atoms with Gasteiger partial charge in [0, 0.05) is 4.88 Å². The molecule has 19 heavy (non-hydrogen) atoms. The SMILES string of the molecule is CCc1nc(NC(=O)c2cc(N)cnc2C)sc1C. The molecule has 1 amide bonds. The van der Waals surface area contributed by atoms with Crippen LogP contribution < -0.4 is 11.1 Å². The first-order valence-corrected chi connectivity index (χ1v) is 6.82. The molecule has 5 nitrogen and oxygen atoms in total. The maximum absolute atomic E-state index is 12.2. The first kappa shape index (κ1) is 13.5. The van der Waals surface area contributed by atoms with Crippen LogP contribution in [0.2, 0.25) is 0 Å². The smallest absolute Gasteiger partial charge is 0.259 e. The van der Waals surface area contributed by atoms with Crippen molar-refractivity contribution in [1.82, 2.24) is 9.97 Å². The molecule has 0 saturated heterocycles. The Morgan fingerprint density at radius 3 is 2.84 bits per heavy atom. The van der Waals surface area contributed by atoms with Crippen LogP contribution in [0, 0.1) is 13.8 Å². The number of aryl methyl sites for hydroxylation is 3. The highest BCUT2D eigenvalue weighted by atomic mass is 32.1. The normalized spacial score (nSPS) is 10.5. The summed E-state index contributed by atoms with van der Waals surface area (Å²) in [6.07, 6.45) is 2.39. The Bertz CT molecular complexity index is 621. The van der Waals surface area contributed by atoms with Gasteiger partial charge >= 0.3 is 0 Å². The molecule has 2 heterocycles. The van der Waals surface area contributed by atoms with Crippen LogP contribution in [0.5, 0.6) is 0 Å². The molecule has 0 radical (unpaired) electrons. The first-order chi connectivity index (χ1) is 9.01. The monoisotopic (exact) mass is 276 g/mol. The highest BCUT2D eigenvalue weighted by molar-refractivity contribution is 7.15. The van der Waals surface area contributed by atoms with Crippen LogP contribution in [-0.2, 0) is 6.42 Å². The molecule has 0 aliphatic carbocycles.